The van der Waals surface area contributed by atoms with Crippen molar-refractivity contribution in [2.75, 3.05) is 13.1 Å². The Morgan fingerprint density at radius 2 is 1.64 bits per heavy atom. The lowest BCUT2D eigenvalue weighted by Crippen LogP contribution is -2.42. The monoisotopic (exact) mass is 420 g/mol. The van der Waals surface area contributed by atoms with Crippen molar-refractivity contribution in [1.29, 1.82) is 0 Å². The summed E-state index contributed by atoms with van der Waals surface area (Å²) in [6.45, 7) is 4.94. The average molecular weight is 421 g/mol. The molecular formula is C21H25ClN2O3S. The Hall–Kier alpha value is -1.89. The minimum absolute atomic E-state index is 0.0293. The van der Waals surface area contributed by atoms with Crippen LogP contribution in [0.4, 0.5) is 0 Å². The fourth-order valence-electron chi connectivity index (χ4n) is 3.53. The van der Waals surface area contributed by atoms with Crippen LogP contribution in [0.2, 0.25) is 5.02 Å². The van der Waals surface area contributed by atoms with E-state index in [-0.39, 0.29) is 11.8 Å². The molecule has 7 heteroatoms. The van der Waals surface area contributed by atoms with Gasteiger partial charge >= 0.3 is 0 Å². The number of nitrogens with zero attached hydrogens (tertiary/aromatic N) is 1. The van der Waals surface area contributed by atoms with E-state index in [0.717, 1.165) is 16.7 Å². The number of benzene rings is 2. The van der Waals surface area contributed by atoms with Crippen molar-refractivity contribution in [2.24, 2.45) is 5.92 Å². The van der Waals surface area contributed by atoms with Gasteiger partial charge in [0.25, 0.3) is 0 Å². The third-order valence-corrected chi connectivity index (χ3v) is 7.17. The van der Waals surface area contributed by atoms with Crippen molar-refractivity contribution in [2.45, 2.75) is 38.1 Å². The average Bonchev–Trinajstić information content (AvgIpc) is 2.66. The van der Waals surface area contributed by atoms with Crippen molar-refractivity contribution in [3.05, 3.63) is 64.2 Å². The predicted molar refractivity (Wildman–Crippen MR) is 111 cm³/mol. The van der Waals surface area contributed by atoms with Gasteiger partial charge in [-0.05, 0) is 67.6 Å². The Labute approximate surface area is 171 Å². The van der Waals surface area contributed by atoms with Crippen LogP contribution in [0.1, 0.15) is 29.5 Å². The molecule has 1 N–H and O–H groups in total. The van der Waals surface area contributed by atoms with Crippen LogP contribution in [0.3, 0.4) is 0 Å². The van der Waals surface area contributed by atoms with Crippen LogP contribution in [-0.2, 0) is 21.4 Å². The number of hydrogen-bond donors (Lipinski definition) is 1. The molecule has 150 valence electrons. The number of carbonyl (C=O) groups is 1. The standard InChI is InChI=1S/C21H25ClN2O3S/c1-15-11-16(2)13-20(12-15)28(26,27)24-9-7-18(8-10-24)21(25)23-14-17-3-5-19(22)6-4-17/h3-6,11-13,18H,7-10,14H2,1-2H3,(H,23,25). The van der Waals surface area contributed by atoms with E-state index in [1.54, 1.807) is 24.3 Å². The first-order valence-corrected chi connectivity index (χ1v) is 11.2. The molecule has 1 saturated heterocycles. The van der Waals surface area contributed by atoms with Gasteiger partial charge in [-0.15, -0.1) is 0 Å². The predicted octanol–water partition coefficient (Wildman–Crippen LogP) is 3.67. The Kier molecular flexibility index (Phi) is 6.43. The molecule has 1 aliphatic rings. The van der Waals surface area contributed by atoms with Crippen molar-refractivity contribution >= 4 is 27.5 Å². The second-order valence-corrected chi connectivity index (χ2v) is 9.72. The SMILES string of the molecule is Cc1cc(C)cc(S(=O)(=O)N2CCC(C(=O)NCc3ccc(Cl)cc3)CC2)c1. The number of aryl methyl sites for hydroxylation is 2. The molecule has 5 nitrogen and oxygen atoms in total. The van der Waals surface area contributed by atoms with Gasteiger partial charge in [0, 0.05) is 30.6 Å². The summed E-state index contributed by atoms with van der Waals surface area (Å²) in [6, 6.07) is 12.7. The number of halogens is 1. The fraction of sp³-hybridized carbons (Fsp3) is 0.381. The Balaban J connectivity index is 1.57. The number of rotatable bonds is 5. The molecule has 3 rings (SSSR count). The van der Waals surface area contributed by atoms with E-state index in [2.05, 4.69) is 5.32 Å². The molecule has 1 aliphatic heterocycles. The second kappa shape index (κ2) is 8.64. The number of sulfonamides is 1. The topological polar surface area (TPSA) is 66.5 Å². The summed E-state index contributed by atoms with van der Waals surface area (Å²) in [5.41, 5.74) is 2.83. The second-order valence-electron chi connectivity index (χ2n) is 7.35. The van der Waals surface area contributed by atoms with E-state index >= 15 is 0 Å². The van der Waals surface area contributed by atoms with E-state index in [1.807, 2.05) is 32.0 Å². The van der Waals surface area contributed by atoms with Gasteiger partial charge in [-0.3, -0.25) is 4.79 Å². The zero-order valence-electron chi connectivity index (χ0n) is 16.1. The van der Waals surface area contributed by atoms with Crippen molar-refractivity contribution < 1.29 is 13.2 Å². The summed E-state index contributed by atoms with van der Waals surface area (Å²) in [6.07, 6.45) is 1.05. The molecule has 0 aliphatic carbocycles. The van der Waals surface area contributed by atoms with E-state index in [9.17, 15) is 13.2 Å². The highest BCUT2D eigenvalue weighted by atomic mass is 35.5. The molecule has 0 unspecified atom stereocenters. The Morgan fingerprint density at radius 1 is 1.07 bits per heavy atom. The van der Waals surface area contributed by atoms with Gasteiger partial charge in [-0.2, -0.15) is 4.31 Å². The van der Waals surface area contributed by atoms with Crippen molar-refractivity contribution in [3.63, 3.8) is 0 Å². The molecule has 0 radical (unpaired) electrons. The maximum Gasteiger partial charge on any atom is 0.243 e. The van der Waals surface area contributed by atoms with Crippen LogP contribution in [0.15, 0.2) is 47.4 Å². The van der Waals surface area contributed by atoms with Crippen molar-refractivity contribution in [1.82, 2.24) is 9.62 Å². The summed E-state index contributed by atoms with van der Waals surface area (Å²) in [4.78, 5) is 12.8. The Morgan fingerprint density at radius 3 is 2.21 bits per heavy atom. The summed E-state index contributed by atoms with van der Waals surface area (Å²) in [5, 5.41) is 3.60. The van der Waals surface area contributed by atoms with Crippen LogP contribution in [0.5, 0.6) is 0 Å². The minimum Gasteiger partial charge on any atom is -0.352 e. The maximum atomic E-state index is 12.9. The summed E-state index contributed by atoms with van der Waals surface area (Å²) in [7, 11) is -3.53. The van der Waals surface area contributed by atoms with Gasteiger partial charge in [0.05, 0.1) is 4.90 Å². The molecular weight excluding hydrogens is 396 g/mol. The van der Waals surface area contributed by atoms with Gasteiger partial charge < -0.3 is 5.32 Å². The first-order valence-electron chi connectivity index (χ1n) is 9.36. The largest absolute Gasteiger partial charge is 0.352 e. The minimum atomic E-state index is -3.53. The lowest BCUT2D eigenvalue weighted by molar-refractivity contribution is -0.126. The number of amides is 1. The molecule has 1 fully saturated rings. The number of hydrogen-bond acceptors (Lipinski definition) is 3. The number of piperidine rings is 1. The van der Waals surface area contributed by atoms with E-state index in [0.29, 0.717) is 42.4 Å². The normalized spacial score (nSPS) is 16.1. The fourth-order valence-corrected chi connectivity index (χ4v) is 5.31. The highest BCUT2D eigenvalue weighted by molar-refractivity contribution is 7.89. The van der Waals surface area contributed by atoms with E-state index in [4.69, 9.17) is 11.6 Å². The molecule has 0 bridgehead atoms. The molecule has 1 heterocycles. The lowest BCUT2D eigenvalue weighted by atomic mass is 9.97. The summed E-state index contributed by atoms with van der Waals surface area (Å²) in [5.74, 6) is -0.198. The van der Waals surface area contributed by atoms with Crippen LogP contribution in [0.25, 0.3) is 0 Å². The maximum absolute atomic E-state index is 12.9. The number of carbonyl (C=O) groups excluding carboxylic acids is 1. The first-order chi connectivity index (χ1) is 13.3. The quantitative estimate of drug-likeness (QED) is 0.802. The molecule has 28 heavy (non-hydrogen) atoms. The van der Waals surface area contributed by atoms with Gasteiger partial charge in [-0.25, -0.2) is 8.42 Å². The highest BCUT2D eigenvalue weighted by Gasteiger charge is 2.32. The lowest BCUT2D eigenvalue weighted by Gasteiger charge is -2.30. The third kappa shape index (κ3) is 4.93. The summed E-state index contributed by atoms with van der Waals surface area (Å²) >= 11 is 5.87. The van der Waals surface area contributed by atoms with Gasteiger partial charge in [0.1, 0.15) is 0 Å². The van der Waals surface area contributed by atoms with E-state index < -0.39 is 10.0 Å². The molecule has 2 aromatic carbocycles. The van der Waals surface area contributed by atoms with Crippen LogP contribution < -0.4 is 5.32 Å². The molecule has 1 amide bonds. The van der Waals surface area contributed by atoms with Crippen LogP contribution in [-0.4, -0.2) is 31.7 Å². The zero-order chi connectivity index (χ0) is 20.3. The smallest absolute Gasteiger partial charge is 0.243 e. The van der Waals surface area contributed by atoms with Crippen LogP contribution >= 0.6 is 11.6 Å². The number of nitrogens with one attached hydrogen (secondary N) is 1. The molecule has 2 aromatic rings. The molecule has 0 spiro atoms. The highest BCUT2D eigenvalue weighted by Crippen LogP contribution is 2.25. The third-order valence-electron chi connectivity index (χ3n) is 5.04. The van der Waals surface area contributed by atoms with Gasteiger partial charge in [-0.1, -0.05) is 29.8 Å². The Bertz CT molecular complexity index is 930. The van der Waals surface area contributed by atoms with Gasteiger partial charge in [0.15, 0.2) is 0 Å². The van der Waals surface area contributed by atoms with Gasteiger partial charge in [0.2, 0.25) is 15.9 Å². The molecule has 0 atom stereocenters. The zero-order valence-corrected chi connectivity index (χ0v) is 17.7. The van der Waals surface area contributed by atoms with Crippen molar-refractivity contribution in [3.8, 4) is 0 Å². The summed E-state index contributed by atoms with van der Waals surface area (Å²) < 4.78 is 27.3. The van der Waals surface area contributed by atoms with E-state index in [1.165, 1.54) is 4.31 Å². The molecule has 0 saturated carbocycles. The molecule has 0 aromatic heterocycles. The van der Waals surface area contributed by atoms with Crippen LogP contribution in [0, 0.1) is 19.8 Å². The first kappa shape index (κ1) is 20.8.